The van der Waals surface area contributed by atoms with E-state index in [1.165, 1.54) is 48.5 Å². The highest BCUT2D eigenvalue weighted by Gasteiger charge is 2.42. The van der Waals surface area contributed by atoms with Gasteiger partial charge in [0.25, 0.3) is 0 Å². The number of methoxy groups -OCH3 is 1. The molecule has 0 heterocycles. The molecule has 0 amide bonds. The second-order valence-corrected chi connectivity index (χ2v) is 8.77. The summed E-state index contributed by atoms with van der Waals surface area (Å²) in [6.45, 7) is 0. The predicted octanol–water partition coefficient (Wildman–Crippen LogP) is 3.15. The SMILES string of the molecule is COC(=O)C(c1cccc2c1C(=O)c1ccccc1C2=O)S(=O)(=O)c1ccccc1. The smallest absolute Gasteiger partial charge is 0.329 e. The largest absolute Gasteiger partial charge is 0.468 e. The standard InChI is InChI=1S/C23H16O6S/c1-29-23(26)22(30(27,28)14-8-3-2-4-9-14)18-13-7-12-17-19(18)21(25)16-11-6-5-10-15(16)20(17)24/h2-13,22H,1H3. The van der Waals surface area contributed by atoms with Crippen molar-refractivity contribution in [2.45, 2.75) is 10.1 Å². The molecular formula is C23H16O6S. The molecule has 3 aromatic carbocycles. The Balaban J connectivity index is 1.99. The van der Waals surface area contributed by atoms with E-state index in [0.717, 1.165) is 7.11 Å². The van der Waals surface area contributed by atoms with Gasteiger partial charge in [-0.05, 0) is 17.7 Å². The number of hydrogen-bond donors (Lipinski definition) is 0. The van der Waals surface area contributed by atoms with Crippen LogP contribution in [0.5, 0.6) is 0 Å². The monoisotopic (exact) mass is 420 g/mol. The van der Waals surface area contributed by atoms with Gasteiger partial charge >= 0.3 is 5.97 Å². The first-order chi connectivity index (χ1) is 14.4. The summed E-state index contributed by atoms with van der Waals surface area (Å²) in [5.74, 6) is -1.94. The Bertz CT molecular complexity index is 1290. The van der Waals surface area contributed by atoms with Crippen molar-refractivity contribution in [3.8, 4) is 0 Å². The van der Waals surface area contributed by atoms with Crippen LogP contribution in [0.2, 0.25) is 0 Å². The van der Waals surface area contributed by atoms with E-state index in [4.69, 9.17) is 4.74 Å². The molecule has 0 bridgehead atoms. The van der Waals surface area contributed by atoms with Gasteiger partial charge in [-0.3, -0.25) is 14.4 Å². The Labute approximate surface area is 173 Å². The van der Waals surface area contributed by atoms with E-state index in [-0.39, 0.29) is 32.7 Å². The maximum Gasteiger partial charge on any atom is 0.329 e. The summed E-state index contributed by atoms with van der Waals surface area (Å²) in [7, 11) is -3.18. The first kappa shape index (κ1) is 19.7. The van der Waals surface area contributed by atoms with E-state index in [1.807, 2.05) is 0 Å². The van der Waals surface area contributed by atoms with Gasteiger partial charge in [-0.15, -0.1) is 0 Å². The number of hydrogen-bond acceptors (Lipinski definition) is 6. The van der Waals surface area contributed by atoms with Crippen LogP contribution in [0, 0.1) is 0 Å². The molecule has 0 fully saturated rings. The molecule has 0 spiro atoms. The number of sulfone groups is 1. The Morgan fingerprint density at radius 1 is 0.767 bits per heavy atom. The van der Waals surface area contributed by atoms with Crippen molar-refractivity contribution in [1.82, 2.24) is 0 Å². The van der Waals surface area contributed by atoms with Crippen molar-refractivity contribution in [1.29, 1.82) is 0 Å². The highest BCUT2D eigenvalue weighted by Crippen LogP contribution is 2.37. The number of benzene rings is 3. The highest BCUT2D eigenvalue weighted by atomic mass is 32.2. The van der Waals surface area contributed by atoms with Crippen molar-refractivity contribution < 1.29 is 27.5 Å². The molecule has 0 N–H and O–H groups in total. The minimum atomic E-state index is -4.26. The third kappa shape index (κ3) is 2.95. The van der Waals surface area contributed by atoms with Crippen LogP contribution in [0.3, 0.4) is 0 Å². The van der Waals surface area contributed by atoms with Gasteiger partial charge < -0.3 is 4.74 Å². The van der Waals surface area contributed by atoms with Gasteiger partial charge in [0.2, 0.25) is 0 Å². The lowest BCUT2D eigenvalue weighted by Gasteiger charge is -2.23. The normalized spacial score (nSPS) is 13.9. The molecule has 1 atom stereocenters. The quantitative estimate of drug-likeness (QED) is 0.471. The molecule has 1 aliphatic rings. The van der Waals surface area contributed by atoms with E-state index in [9.17, 15) is 22.8 Å². The number of rotatable bonds is 4. The van der Waals surface area contributed by atoms with Crippen molar-refractivity contribution >= 4 is 27.4 Å². The van der Waals surface area contributed by atoms with Gasteiger partial charge in [0.15, 0.2) is 26.7 Å². The molecule has 4 rings (SSSR count). The fourth-order valence-electron chi connectivity index (χ4n) is 3.66. The van der Waals surface area contributed by atoms with Crippen LogP contribution >= 0.6 is 0 Å². The molecule has 30 heavy (non-hydrogen) atoms. The Hall–Kier alpha value is -3.58. The van der Waals surface area contributed by atoms with Crippen LogP contribution in [0.15, 0.2) is 77.7 Å². The maximum absolute atomic E-state index is 13.4. The molecule has 0 saturated carbocycles. The fraction of sp³-hybridized carbons (Fsp3) is 0.0870. The van der Waals surface area contributed by atoms with Gasteiger partial charge in [-0.1, -0.05) is 60.7 Å². The van der Waals surface area contributed by atoms with Gasteiger partial charge in [0.05, 0.1) is 12.0 Å². The minimum absolute atomic E-state index is 0.0633. The summed E-state index contributed by atoms with van der Waals surface area (Å²) < 4.78 is 31.5. The Morgan fingerprint density at radius 3 is 1.97 bits per heavy atom. The first-order valence-corrected chi connectivity index (χ1v) is 10.6. The molecule has 0 radical (unpaired) electrons. The summed E-state index contributed by atoms with van der Waals surface area (Å²) in [6.07, 6.45) is 0. The molecule has 1 aliphatic carbocycles. The number of carbonyl (C=O) groups excluding carboxylic acids is 3. The number of ketones is 2. The molecule has 0 aliphatic heterocycles. The summed E-state index contributed by atoms with van der Waals surface area (Å²) in [6, 6.07) is 18.1. The second kappa shape index (κ2) is 7.35. The first-order valence-electron chi connectivity index (χ1n) is 9.06. The minimum Gasteiger partial charge on any atom is -0.468 e. The van der Waals surface area contributed by atoms with E-state index >= 15 is 0 Å². The molecule has 3 aromatic rings. The van der Waals surface area contributed by atoms with E-state index in [0.29, 0.717) is 0 Å². The summed E-state index contributed by atoms with van der Waals surface area (Å²) >= 11 is 0. The molecule has 1 unspecified atom stereocenters. The second-order valence-electron chi connectivity index (χ2n) is 6.73. The van der Waals surface area contributed by atoms with Gasteiger partial charge in [0, 0.05) is 22.3 Å². The number of ether oxygens (including phenoxy) is 1. The fourth-order valence-corrected chi connectivity index (χ4v) is 5.35. The highest BCUT2D eigenvalue weighted by molar-refractivity contribution is 7.92. The lowest BCUT2D eigenvalue weighted by atomic mass is 9.81. The molecular weight excluding hydrogens is 404 g/mol. The zero-order valence-corrected chi connectivity index (χ0v) is 16.7. The summed E-state index contributed by atoms with van der Waals surface area (Å²) in [5, 5.41) is -1.79. The lowest BCUT2D eigenvalue weighted by molar-refractivity contribution is -0.140. The van der Waals surface area contributed by atoms with Crippen LogP contribution in [0.25, 0.3) is 0 Å². The number of fused-ring (bicyclic) bond motifs is 2. The Morgan fingerprint density at radius 2 is 1.33 bits per heavy atom. The van der Waals surface area contributed by atoms with E-state index < -0.39 is 32.6 Å². The van der Waals surface area contributed by atoms with E-state index in [1.54, 1.807) is 24.3 Å². The average Bonchev–Trinajstić information content (AvgIpc) is 2.77. The van der Waals surface area contributed by atoms with Gasteiger partial charge in [0.1, 0.15) is 0 Å². The summed E-state index contributed by atoms with van der Waals surface area (Å²) in [4.78, 5) is 38.8. The molecule has 7 heteroatoms. The van der Waals surface area contributed by atoms with Crippen molar-refractivity contribution in [3.63, 3.8) is 0 Å². The van der Waals surface area contributed by atoms with Crippen molar-refractivity contribution in [2.24, 2.45) is 0 Å². The van der Waals surface area contributed by atoms with E-state index in [2.05, 4.69) is 0 Å². The number of carbonyl (C=O) groups is 3. The van der Waals surface area contributed by atoms with Crippen LogP contribution in [0.4, 0.5) is 0 Å². The average molecular weight is 420 g/mol. The zero-order valence-electron chi connectivity index (χ0n) is 15.9. The van der Waals surface area contributed by atoms with Crippen LogP contribution in [0.1, 0.15) is 42.7 Å². The predicted molar refractivity (Wildman–Crippen MR) is 108 cm³/mol. The van der Waals surface area contributed by atoms with Crippen LogP contribution < -0.4 is 0 Å². The van der Waals surface area contributed by atoms with Crippen molar-refractivity contribution in [2.75, 3.05) is 7.11 Å². The van der Waals surface area contributed by atoms with Gasteiger partial charge in [-0.25, -0.2) is 8.42 Å². The maximum atomic E-state index is 13.4. The third-order valence-electron chi connectivity index (χ3n) is 5.06. The van der Waals surface area contributed by atoms with Crippen LogP contribution in [-0.4, -0.2) is 33.1 Å². The molecule has 0 aromatic heterocycles. The summed E-state index contributed by atoms with van der Waals surface area (Å²) in [5.41, 5.74) is 0.316. The van der Waals surface area contributed by atoms with Gasteiger partial charge in [-0.2, -0.15) is 0 Å². The molecule has 150 valence electrons. The third-order valence-corrected chi connectivity index (χ3v) is 7.06. The lowest BCUT2D eigenvalue weighted by Crippen LogP contribution is -2.29. The molecule has 6 nitrogen and oxygen atoms in total. The molecule has 0 saturated heterocycles. The Kier molecular flexibility index (Phi) is 4.83. The number of esters is 1. The zero-order chi connectivity index (χ0) is 21.5. The van der Waals surface area contributed by atoms with Crippen molar-refractivity contribution in [3.05, 3.63) is 101 Å². The topological polar surface area (TPSA) is 94.6 Å². The van der Waals surface area contributed by atoms with Crippen LogP contribution in [-0.2, 0) is 19.4 Å².